The molecule has 7 nitrogen and oxygen atoms in total. The summed E-state index contributed by atoms with van der Waals surface area (Å²) in [6.45, 7) is 6.73. The summed E-state index contributed by atoms with van der Waals surface area (Å²) in [6, 6.07) is 6.36. The molecule has 0 radical (unpaired) electrons. The SMILES string of the molecule is CC(C)(C)[S+]([O-])N[C@@](CC(C)(C)C(F)(F)F)(C(=O)O)c1ccc(-c2cnn(C3CC3)n2)cc1. The minimum Gasteiger partial charge on any atom is -0.598 e. The van der Waals surface area contributed by atoms with Crippen LogP contribution in [-0.2, 0) is 21.7 Å². The Morgan fingerprint density at radius 2 is 1.76 bits per heavy atom. The maximum Gasteiger partial charge on any atom is 0.394 e. The topological polar surface area (TPSA) is 103 Å². The molecule has 1 aromatic carbocycles. The highest BCUT2D eigenvalue weighted by molar-refractivity contribution is 7.90. The van der Waals surface area contributed by atoms with Crippen LogP contribution in [-0.4, -0.2) is 41.5 Å². The van der Waals surface area contributed by atoms with Crippen LogP contribution in [0.1, 0.15) is 65.5 Å². The van der Waals surface area contributed by atoms with E-state index in [1.807, 2.05) is 0 Å². The molecular weight excluding hydrogens is 457 g/mol. The largest absolute Gasteiger partial charge is 0.598 e. The molecule has 3 rings (SSSR count). The van der Waals surface area contributed by atoms with E-state index >= 15 is 0 Å². The van der Waals surface area contributed by atoms with E-state index in [0.717, 1.165) is 26.7 Å². The number of rotatable bonds is 8. The summed E-state index contributed by atoms with van der Waals surface area (Å²) in [5, 5.41) is 18.8. The number of nitrogens with one attached hydrogen (secondary N) is 1. The predicted molar refractivity (Wildman–Crippen MR) is 119 cm³/mol. The molecule has 0 aliphatic heterocycles. The summed E-state index contributed by atoms with van der Waals surface area (Å²) in [5.74, 6) is -1.54. The average Bonchev–Trinajstić information content (AvgIpc) is 3.42. The summed E-state index contributed by atoms with van der Waals surface area (Å²) in [4.78, 5) is 14.2. The Balaban J connectivity index is 2.03. The Morgan fingerprint density at radius 1 is 1.18 bits per heavy atom. The Kier molecular flexibility index (Phi) is 6.64. The minimum absolute atomic E-state index is 0.0725. The number of carboxylic acids is 1. The van der Waals surface area contributed by atoms with Crippen LogP contribution < -0.4 is 4.72 Å². The van der Waals surface area contributed by atoms with Crippen molar-refractivity contribution in [2.75, 3.05) is 0 Å². The fourth-order valence-electron chi connectivity index (χ4n) is 3.33. The van der Waals surface area contributed by atoms with Gasteiger partial charge in [-0.2, -0.15) is 28.2 Å². The quantitative estimate of drug-likeness (QED) is 0.529. The molecule has 11 heteroatoms. The number of alkyl halides is 3. The molecule has 0 saturated heterocycles. The molecule has 1 heterocycles. The van der Waals surface area contributed by atoms with Crippen LogP contribution in [0.3, 0.4) is 0 Å². The van der Waals surface area contributed by atoms with Crippen molar-refractivity contribution in [2.24, 2.45) is 5.41 Å². The molecule has 0 amide bonds. The average molecular weight is 487 g/mol. The Labute approximate surface area is 194 Å². The second kappa shape index (κ2) is 8.59. The van der Waals surface area contributed by atoms with Crippen molar-refractivity contribution >= 4 is 17.3 Å². The van der Waals surface area contributed by atoms with Crippen LogP contribution in [0.2, 0.25) is 0 Å². The number of aliphatic carboxylic acids is 1. The van der Waals surface area contributed by atoms with Crippen LogP contribution in [0.15, 0.2) is 30.5 Å². The molecule has 2 aromatic rings. The molecule has 1 unspecified atom stereocenters. The Bertz CT molecular complexity index is 998. The van der Waals surface area contributed by atoms with Crippen LogP contribution in [0, 0.1) is 5.41 Å². The monoisotopic (exact) mass is 486 g/mol. The smallest absolute Gasteiger partial charge is 0.394 e. The number of hydrogen-bond donors (Lipinski definition) is 2. The third-order valence-corrected chi connectivity index (χ3v) is 7.36. The lowest BCUT2D eigenvalue weighted by atomic mass is 9.74. The van der Waals surface area contributed by atoms with Crippen molar-refractivity contribution in [2.45, 2.75) is 76.4 Å². The van der Waals surface area contributed by atoms with Gasteiger partial charge in [-0.25, -0.2) is 4.79 Å². The van der Waals surface area contributed by atoms with Crippen LogP contribution in [0.25, 0.3) is 11.3 Å². The standard InChI is InChI=1S/C22H29F3N4O3S/c1-19(2,3)33(32)28-21(18(30)31,13-20(4,5)22(23,24)25)15-8-6-14(7-9-15)17-12-26-29(27-17)16-10-11-16/h6-9,12,16,28H,10-11,13H2,1-5H3,(H,30,31)/t21-,33?/m1/s1. The van der Waals surface area contributed by atoms with E-state index in [9.17, 15) is 27.6 Å². The number of benzene rings is 1. The normalized spacial score (nSPS) is 18.1. The third kappa shape index (κ3) is 5.36. The number of hydrogen-bond acceptors (Lipinski definition) is 5. The number of carboxylic acid groups (broad SMARTS) is 1. The molecule has 0 bridgehead atoms. The molecule has 1 saturated carbocycles. The first-order valence-corrected chi connectivity index (χ1v) is 11.7. The highest BCUT2D eigenvalue weighted by atomic mass is 32.2. The summed E-state index contributed by atoms with van der Waals surface area (Å²) in [6.07, 6.45) is -1.89. The van der Waals surface area contributed by atoms with E-state index in [4.69, 9.17) is 0 Å². The number of carbonyl (C=O) groups is 1. The zero-order chi connectivity index (χ0) is 24.8. The van der Waals surface area contributed by atoms with Crippen molar-refractivity contribution in [3.8, 4) is 11.3 Å². The molecule has 2 N–H and O–H groups in total. The van der Waals surface area contributed by atoms with Gasteiger partial charge in [-0.15, -0.1) is 4.72 Å². The van der Waals surface area contributed by atoms with E-state index in [1.54, 1.807) is 43.9 Å². The van der Waals surface area contributed by atoms with Crippen LogP contribution in [0.4, 0.5) is 13.2 Å². The van der Waals surface area contributed by atoms with Gasteiger partial charge < -0.3 is 9.66 Å². The molecule has 0 spiro atoms. The van der Waals surface area contributed by atoms with E-state index in [2.05, 4.69) is 14.9 Å². The van der Waals surface area contributed by atoms with Crippen molar-refractivity contribution in [3.05, 3.63) is 36.0 Å². The summed E-state index contributed by atoms with van der Waals surface area (Å²) in [7, 11) is 0. The fourth-order valence-corrected chi connectivity index (χ4v) is 4.23. The van der Waals surface area contributed by atoms with E-state index in [1.165, 1.54) is 12.1 Å². The van der Waals surface area contributed by atoms with Gasteiger partial charge in [0.2, 0.25) is 0 Å². The number of nitrogens with zero attached hydrogens (tertiary/aromatic N) is 3. The third-order valence-electron chi connectivity index (χ3n) is 5.72. The molecule has 33 heavy (non-hydrogen) atoms. The van der Waals surface area contributed by atoms with Gasteiger partial charge in [0.25, 0.3) is 0 Å². The molecule has 2 atom stereocenters. The second-order valence-electron chi connectivity index (χ2n) is 10.1. The number of aromatic nitrogens is 3. The lowest BCUT2D eigenvalue weighted by Crippen LogP contribution is -2.58. The van der Waals surface area contributed by atoms with Gasteiger partial charge in [-0.1, -0.05) is 38.1 Å². The Morgan fingerprint density at radius 3 is 2.21 bits per heavy atom. The first-order valence-electron chi connectivity index (χ1n) is 10.6. The second-order valence-corrected chi connectivity index (χ2v) is 12.1. The maximum atomic E-state index is 13.8. The lowest BCUT2D eigenvalue weighted by Gasteiger charge is -2.40. The summed E-state index contributed by atoms with van der Waals surface area (Å²) in [5.41, 5.74) is -3.30. The lowest BCUT2D eigenvalue weighted by molar-refractivity contribution is -0.219. The highest BCUT2D eigenvalue weighted by Crippen LogP contribution is 2.47. The highest BCUT2D eigenvalue weighted by Gasteiger charge is 2.57. The van der Waals surface area contributed by atoms with Gasteiger partial charge in [0.05, 0.1) is 17.7 Å². The fraction of sp³-hybridized carbons (Fsp3) is 0.591. The number of halogens is 3. The first kappa shape index (κ1) is 25.5. The molecule has 1 aliphatic rings. The minimum atomic E-state index is -4.67. The summed E-state index contributed by atoms with van der Waals surface area (Å²) < 4.78 is 55.8. The summed E-state index contributed by atoms with van der Waals surface area (Å²) >= 11 is -1.95. The van der Waals surface area contributed by atoms with Gasteiger partial charge in [-0.05, 0) is 45.6 Å². The van der Waals surface area contributed by atoms with Gasteiger partial charge in [-0.3, -0.25) is 0 Å². The molecule has 1 aromatic heterocycles. The van der Waals surface area contributed by atoms with E-state index < -0.39 is 45.6 Å². The van der Waals surface area contributed by atoms with Crippen molar-refractivity contribution in [1.29, 1.82) is 0 Å². The van der Waals surface area contributed by atoms with E-state index in [-0.39, 0.29) is 5.56 Å². The first-order chi connectivity index (χ1) is 15.1. The van der Waals surface area contributed by atoms with Crippen molar-refractivity contribution < 1.29 is 27.6 Å². The molecule has 182 valence electrons. The van der Waals surface area contributed by atoms with Crippen LogP contribution >= 0.6 is 0 Å². The molecular formula is C22H29F3N4O3S. The van der Waals surface area contributed by atoms with Crippen LogP contribution in [0.5, 0.6) is 0 Å². The molecule has 1 aliphatic carbocycles. The zero-order valence-corrected chi connectivity index (χ0v) is 20.0. The van der Waals surface area contributed by atoms with E-state index in [0.29, 0.717) is 17.3 Å². The zero-order valence-electron chi connectivity index (χ0n) is 19.2. The van der Waals surface area contributed by atoms with Gasteiger partial charge in [0.15, 0.2) is 5.54 Å². The van der Waals surface area contributed by atoms with Gasteiger partial charge >= 0.3 is 12.1 Å². The molecule has 1 fully saturated rings. The van der Waals surface area contributed by atoms with Gasteiger partial charge in [0.1, 0.15) is 10.4 Å². The van der Waals surface area contributed by atoms with Crippen molar-refractivity contribution in [3.63, 3.8) is 0 Å². The maximum absolute atomic E-state index is 13.8. The van der Waals surface area contributed by atoms with Crippen molar-refractivity contribution in [1.82, 2.24) is 19.7 Å². The predicted octanol–water partition coefficient (Wildman–Crippen LogP) is 4.59. The van der Waals surface area contributed by atoms with Gasteiger partial charge in [0, 0.05) is 16.9 Å². The Hall–Kier alpha value is -2.11.